The molecule has 1 aromatic heterocycles. The summed E-state index contributed by atoms with van der Waals surface area (Å²) in [5.41, 5.74) is 1.43. The first-order valence-electron chi connectivity index (χ1n) is 7.71. The van der Waals surface area contributed by atoms with Crippen molar-refractivity contribution in [3.63, 3.8) is 0 Å². The lowest BCUT2D eigenvalue weighted by Gasteiger charge is -2.11. The fourth-order valence-corrected chi connectivity index (χ4v) is 2.20. The Balaban J connectivity index is 1.86. The second-order valence-electron chi connectivity index (χ2n) is 5.51. The van der Waals surface area contributed by atoms with E-state index in [4.69, 9.17) is 0 Å². The Labute approximate surface area is 130 Å². The minimum absolute atomic E-state index is 0.0364. The number of aromatic nitrogens is 1. The van der Waals surface area contributed by atoms with E-state index in [1.165, 1.54) is 0 Å². The number of H-pyrrole nitrogens is 1. The summed E-state index contributed by atoms with van der Waals surface area (Å²) in [4.78, 5) is 26.5. The van der Waals surface area contributed by atoms with Crippen LogP contribution in [0.3, 0.4) is 0 Å². The predicted molar refractivity (Wildman–Crippen MR) is 88.8 cm³/mol. The Morgan fingerprint density at radius 1 is 1.32 bits per heavy atom. The Morgan fingerprint density at radius 3 is 2.86 bits per heavy atom. The molecule has 0 bridgehead atoms. The average Bonchev–Trinajstić information content (AvgIpc) is 2.51. The van der Waals surface area contributed by atoms with Crippen LogP contribution in [0.2, 0.25) is 0 Å². The molecule has 0 spiro atoms. The van der Waals surface area contributed by atoms with Crippen LogP contribution in [0, 0.1) is 0 Å². The Hall–Kier alpha value is -2.14. The minimum atomic E-state index is -0.0877. The van der Waals surface area contributed by atoms with E-state index in [1.807, 2.05) is 44.2 Å². The lowest BCUT2D eigenvalue weighted by molar-refractivity contribution is -0.121. The summed E-state index contributed by atoms with van der Waals surface area (Å²) in [5.74, 6) is 0.0364. The van der Waals surface area contributed by atoms with E-state index in [2.05, 4.69) is 15.6 Å². The molecule has 0 aliphatic heterocycles. The molecule has 1 atom stereocenters. The van der Waals surface area contributed by atoms with Gasteiger partial charge in [-0.25, -0.2) is 0 Å². The average molecular weight is 301 g/mol. The quantitative estimate of drug-likeness (QED) is 0.684. The first-order valence-corrected chi connectivity index (χ1v) is 7.71. The summed E-state index contributed by atoms with van der Waals surface area (Å²) in [7, 11) is 0. The van der Waals surface area contributed by atoms with E-state index in [0.29, 0.717) is 25.1 Å². The van der Waals surface area contributed by atoms with Crippen molar-refractivity contribution in [1.82, 2.24) is 15.6 Å². The molecule has 0 fully saturated rings. The number of carbonyl (C=O) groups is 1. The second-order valence-corrected chi connectivity index (χ2v) is 5.51. The van der Waals surface area contributed by atoms with Crippen molar-refractivity contribution in [3.8, 4) is 0 Å². The number of hydrogen-bond donors (Lipinski definition) is 3. The molecule has 1 heterocycles. The molecular weight excluding hydrogens is 278 g/mol. The van der Waals surface area contributed by atoms with Crippen molar-refractivity contribution in [1.29, 1.82) is 0 Å². The molecule has 5 nitrogen and oxygen atoms in total. The highest BCUT2D eigenvalue weighted by Crippen LogP contribution is 2.09. The van der Waals surface area contributed by atoms with Gasteiger partial charge in [-0.2, -0.15) is 0 Å². The number of fused-ring (bicyclic) bond motifs is 1. The van der Waals surface area contributed by atoms with Crippen molar-refractivity contribution in [2.24, 2.45) is 0 Å². The molecule has 0 saturated carbocycles. The maximum absolute atomic E-state index is 12.0. The zero-order chi connectivity index (χ0) is 15.9. The lowest BCUT2D eigenvalue weighted by atomic mass is 10.1. The highest BCUT2D eigenvalue weighted by Gasteiger charge is 2.06. The van der Waals surface area contributed by atoms with Crippen LogP contribution in [0.5, 0.6) is 0 Å². The summed E-state index contributed by atoms with van der Waals surface area (Å²) in [6, 6.07) is 9.78. The number of rotatable bonds is 7. The molecule has 2 aromatic rings. The van der Waals surface area contributed by atoms with Gasteiger partial charge in [0, 0.05) is 36.6 Å². The molecular formula is C17H23N3O2. The van der Waals surface area contributed by atoms with E-state index in [9.17, 15) is 9.59 Å². The Morgan fingerprint density at radius 2 is 2.09 bits per heavy atom. The first kappa shape index (κ1) is 16.2. The molecule has 118 valence electrons. The van der Waals surface area contributed by atoms with Gasteiger partial charge in [-0.3, -0.25) is 9.59 Å². The SMILES string of the molecule is CCC(C)NC(=O)CCNCc1cc2ccccc2[nH]c1=O. The second kappa shape index (κ2) is 7.75. The third-order valence-corrected chi connectivity index (χ3v) is 3.69. The number of pyridine rings is 1. The monoisotopic (exact) mass is 301 g/mol. The van der Waals surface area contributed by atoms with Gasteiger partial charge in [0.15, 0.2) is 0 Å². The number of para-hydroxylation sites is 1. The fourth-order valence-electron chi connectivity index (χ4n) is 2.20. The molecule has 0 radical (unpaired) electrons. The van der Waals surface area contributed by atoms with Gasteiger partial charge in [-0.1, -0.05) is 25.1 Å². The van der Waals surface area contributed by atoms with Crippen molar-refractivity contribution < 1.29 is 4.79 Å². The van der Waals surface area contributed by atoms with Crippen LogP contribution >= 0.6 is 0 Å². The first-order chi connectivity index (χ1) is 10.6. The number of aromatic amines is 1. The van der Waals surface area contributed by atoms with Crippen LogP contribution in [0.1, 0.15) is 32.3 Å². The fraction of sp³-hybridized carbons (Fsp3) is 0.412. The van der Waals surface area contributed by atoms with Crippen LogP contribution in [0.15, 0.2) is 35.1 Å². The summed E-state index contributed by atoms with van der Waals surface area (Å²) >= 11 is 0. The molecule has 0 aliphatic carbocycles. The topological polar surface area (TPSA) is 74.0 Å². The number of carbonyl (C=O) groups excluding carboxylic acids is 1. The van der Waals surface area contributed by atoms with Crippen molar-refractivity contribution in [2.75, 3.05) is 6.54 Å². The van der Waals surface area contributed by atoms with Crippen molar-refractivity contribution in [3.05, 3.63) is 46.2 Å². The van der Waals surface area contributed by atoms with E-state index < -0.39 is 0 Å². The zero-order valence-corrected chi connectivity index (χ0v) is 13.1. The van der Waals surface area contributed by atoms with E-state index >= 15 is 0 Å². The maximum Gasteiger partial charge on any atom is 0.252 e. The van der Waals surface area contributed by atoms with Gasteiger partial charge >= 0.3 is 0 Å². The highest BCUT2D eigenvalue weighted by atomic mass is 16.1. The van der Waals surface area contributed by atoms with Crippen molar-refractivity contribution in [2.45, 2.75) is 39.3 Å². The Bertz CT molecular complexity index is 694. The smallest absolute Gasteiger partial charge is 0.252 e. The van der Waals surface area contributed by atoms with Crippen LogP contribution in [-0.2, 0) is 11.3 Å². The van der Waals surface area contributed by atoms with E-state index in [-0.39, 0.29) is 17.5 Å². The van der Waals surface area contributed by atoms with Crippen LogP contribution < -0.4 is 16.2 Å². The molecule has 0 aliphatic rings. The van der Waals surface area contributed by atoms with Gasteiger partial charge in [0.25, 0.3) is 5.56 Å². The molecule has 1 aromatic carbocycles. The summed E-state index contributed by atoms with van der Waals surface area (Å²) in [6.07, 6.45) is 1.33. The molecule has 2 rings (SSSR count). The Kier molecular flexibility index (Phi) is 5.72. The summed E-state index contributed by atoms with van der Waals surface area (Å²) in [6.45, 7) is 5.03. The minimum Gasteiger partial charge on any atom is -0.354 e. The number of amides is 1. The molecule has 0 saturated heterocycles. The maximum atomic E-state index is 12.0. The highest BCUT2D eigenvalue weighted by molar-refractivity contribution is 5.78. The molecule has 22 heavy (non-hydrogen) atoms. The lowest BCUT2D eigenvalue weighted by Crippen LogP contribution is -2.34. The van der Waals surface area contributed by atoms with Gasteiger partial charge in [0.1, 0.15) is 0 Å². The van der Waals surface area contributed by atoms with Gasteiger partial charge in [0.2, 0.25) is 5.91 Å². The van der Waals surface area contributed by atoms with Crippen LogP contribution in [-0.4, -0.2) is 23.5 Å². The van der Waals surface area contributed by atoms with Gasteiger partial charge < -0.3 is 15.6 Å². The van der Waals surface area contributed by atoms with Gasteiger partial charge in [0.05, 0.1) is 0 Å². The normalized spacial score (nSPS) is 12.3. The largest absolute Gasteiger partial charge is 0.354 e. The molecule has 5 heteroatoms. The molecule has 1 unspecified atom stereocenters. The summed E-state index contributed by atoms with van der Waals surface area (Å²) in [5, 5.41) is 7.07. The third kappa shape index (κ3) is 4.43. The van der Waals surface area contributed by atoms with Crippen LogP contribution in [0.25, 0.3) is 10.9 Å². The van der Waals surface area contributed by atoms with Crippen LogP contribution in [0.4, 0.5) is 0 Å². The molecule has 1 amide bonds. The van der Waals surface area contributed by atoms with E-state index in [0.717, 1.165) is 17.3 Å². The third-order valence-electron chi connectivity index (χ3n) is 3.69. The number of nitrogens with one attached hydrogen (secondary N) is 3. The zero-order valence-electron chi connectivity index (χ0n) is 13.1. The standard InChI is InChI=1S/C17H23N3O2/c1-3-12(2)19-16(21)8-9-18-11-14-10-13-6-4-5-7-15(13)20-17(14)22/h4-7,10,12,18H,3,8-9,11H2,1-2H3,(H,19,21)(H,20,22). The molecule has 3 N–H and O–H groups in total. The van der Waals surface area contributed by atoms with Gasteiger partial charge in [-0.05, 0) is 30.9 Å². The van der Waals surface area contributed by atoms with Gasteiger partial charge in [-0.15, -0.1) is 0 Å². The van der Waals surface area contributed by atoms with E-state index in [1.54, 1.807) is 0 Å². The summed E-state index contributed by atoms with van der Waals surface area (Å²) < 4.78 is 0. The number of benzene rings is 1. The number of hydrogen-bond acceptors (Lipinski definition) is 3. The predicted octanol–water partition coefficient (Wildman–Crippen LogP) is 1.92. The van der Waals surface area contributed by atoms with Crippen molar-refractivity contribution >= 4 is 16.8 Å².